The minimum Gasteiger partial charge on any atom is -0.328 e. The van der Waals surface area contributed by atoms with Gasteiger partial charge in [-0.3, -0.25) is 0 Å². The lowest BCUT2D eigenvalue weighted by Crippen LogP contribution is -2.44. The second-order valence-corrected chi connectivity index (χ2v) is 8.15. The molecule has 0 aromatic carbocycles. The normalized spacial score (nSPS) is 13.0. The molecule has 2 nitrogen and oxygen atoms in total. The fourth-order valence-electron chi connectivity index (χ4n) is 2.05. The van der Waals surface area contributed by atoms with Crippen molar-refractivity contribution < 1.29 is 4.48 Å². The maximum Gasteiger partial charge on any atom is 0.0805 e. The van der Waals surface area contributed by atoms with Gasteiger partial charge in [-0.25, -0.2) is 0 Å². The van der Waals surface area contributed by atoms with Crippen molar-refractivity contribution in [3.05, 3.63) is 0 Å². The lowest BCUT2D eigenvalue weighted by atomic mass is 10.1. The number of rotatable bonds is 4. The summed E-state index contributed by atoms with van der Waals surface area (Å²) in [5.41, 5.74) is 0.333. The van der Waals surface area contributed by atoms with Crippen LogP contribution in [0.5, 0.6) is 0 Å². The Morgan fingerprint density at radius 3 is 1.17 bits per heavy atom. The van der Waals surface area contributed by atoms with E-state index in [1.54, 1.807) is 0 Å². The Bertz CT molecular complexity index is 186. The van der Waals surface area contributed by atoms with Crippen molar-refractivity contribution in [2.75, 3.05) is 41.3 Å². The standard InChI is InChI=1S/C10H24N.C6H15N/c1-9(2)7-11(5,6)8-10(3)4;1-6(2,3)7(4)5/h9-10H,7-8H2,1-6H3;1-5H3/q+1;. The van der Waals surface area contributed by atoms with Gasteiger partial charge in [0.2, 0.25) is 0 Å². The third-order valence-corrected chi connectivity index (χ3v) is 3.06. The van der Waals surface area contributed by atoms with Crippen LogP contribution in [0.1, 0.15) is 48.5 Å². The van der Waals surface area contributed by atoms with Crippen LogP contribution in [0, 0.1) is 11.8 Å². The van der Waals surface area contributed by atoms with Crippen LogP contribution in [-0.2, 0) is 0 Å². The van der Waals surface area contributed by atoms with Crippen molar-refractivity contribution in [2.24, 2.45) is 11.8 Å². The van der Waals surface area contributed by atoms with Crippen molar-refractivity contribution in [1.82, 2.24) is 4.90 Å². The zero-order valence-electron chi connectivity index (χ0n) is 15.0. The highest BCUT2D eigenvalue weighted by molar-refractivity contribution is 4.68. The van der Waals surface area contributed by atoms with E-state index in [9.17, 15) is 0 Å². The van der Waals surface area contributed by atoms with Crippen molar-refractivity contribution in [2.45, 2.75) is 54.0 Å². The lowest BCUT2D eigenvalue weighted by Gasteiger charge is -2.33. The molecule has 0 heterocycles. The summed E-state index contributed by atoms with van der Waals surface area (Å²) in [7, 11) is 8.81. The highest BCUT2D eigenvalue weighted by atomic mass is 15.3. The topological polar surface area (TPSA) is 3.24 Å². The van der Waals surface area contributed by atoms with Gasteiger partial charge in [0.15, 0.2) is 0 Å². The Kier molecular flexibility index (Phi) is 9.18. The van der Waals surface area contributed by atoms with Gasteiger partial charge in [-0.15, -0.1) is 0 Å². The average Bonchev–Trinajstić information content (AvgIpc) is 1.96. The van der Waals surface area contributed by atoms with Crippen LogP contribution in [-0.4, -0.2) is 56.2 Å². The maximum atomic E-state index is 2.32. The van der Waals surface area contributed by atoms with Crippen molar-refractivity contribution >= 4 is 0 Å². The fourth-order valence-corrected chi connectivity index (χ4v) is 2.05. The zero-order chi connectivity index (χ0) is 15.1. The third-order valence-electron chi connectivity index (χ3n) is 3.06. The van der Waals surface area contributed by atoms with Gasteiger partial charge in [-0.1, -0.05) is 27.7 Å². The van der Waals surface area contributed by atoms with E-state index in [1.165, 1.54) is 13.1 Å². The fraction of sp³-hybridized carbons (Fsp3) is 1.00. The molecule has 0 fully saturated rings. The van der Waals surface area contributed by atoms with Crippen LogP contribution >= 0.6 is 0 Å². The lowest BCUT2D eigenvalue weighted by molar-refractivity contribution is -0.896. The Balaban J connectivity index is 0. The Morgan fingerprint density at radius 1 is 0.833 bits per heavy atom. The third kappa shape index (κ3) is 14.0. The summed E-state index contributed by atoms with van der Waals surface area (Å²) in [5, 5.41) is 0. The van der Waals surface area contributed by atoms with Crippen LogP contribution in [0.25, 0.3) is 0 Å². The van der Waals surface area contributed by atoms with Crippen LogP contribution < -0.4 is 0 Å². The van der Waals surface area contributed by atoms with Gasteiger partial charge in [0, 0.05) is 17.4 Å². The molecule has 0 atom stereocenters. The predicted octanol–water partition coefficient (Wildman–Crippen LogP) is 3.72. The maximum absolute atomic E-state index is 2.32. The Morgan fingerprint density at radius 2 is 1.06 bits per heavy atom. The van der Waals surface area contributed by atoms with Crippen molar-refractivity contribution in [3.63, 3.8) is 0 Å². The summed E-state index contributed by atoms with van der Waals surface area (Å²) in [5.74, 6) is 1.62. The number of nitrogens with zero attached hydrogens (tertiary/aromatic N) is 2. The molecule has 0 rings (SSSR count). The van der Waals surface area contributed by atoms with Gasteiger partial charge in [-0.2, -0.15) is 0 Å². The van der Waals surface area contributed by atoms with E-state index in [0.717, 1.165) is 16.3 Å². The molecule has 0 bridgehead atoms. The molecule has 0 spiro atoms. The monoisotopic (exact) mass is 259 g/mol. The minimum atomic E-state index is 0.333. The van der Waals surface area contributed by atoms with Gasteiger partial charge in [0.1, 0.15) is 0 Å². The SMILES string of the molecule is CC(C)C[N+](C)(C)CC(C)C.CN(C)C(C)(C)C. The molecule has 0 saturated carbocycles. The molecule has 0 unspecified atom stereocenters. The molecule has 0 aliphatic rings. The first kappa shape index (κ1) is 20.2. The second-order valence-electron chi connectivity index (χ2n) is 8.15. The number of hydrogen-bond acceptors (Lipinski definition) is 1. The van der Waals surface area contributed by atoms with Gasteiger partial charge in [-0.05, 0) is 34.9 Å². The van der Waals surface area contributed by atoms with E-state index in [2.05, 4.69) is 81.6 Å². The molecule has 2 heteroatoms. The molecule has 112 valence electrons. The smallest absolute Gasteiger partial charge is 0.0805 e. The average molecular weight is 260 g/mol. The van der Waals surface area contributed by atoms with E-state index < -0.39 is 0 Å². The summed E-state index contributed by atoms with van der Waals surface area (Å²) in [6.07, 6.45) is 0. The predicted molar refractivity (Wildman–Crippen MR) is 85.0 cm³/mol. The molecular weight excluding hydrogens is 220 g/mol. The Labute approximate surface area is 117 Å². The number of hydrogen-bond donors (Lipinski definition) is 0. The molecule has 0 aliphatic carbocycles. The molecule has 0 aromatic heterocycles. The van der Waals surface area contributed by atoms with E-state index in [4.69, 9.17) is 0 Å². The minimum absolute atomic E-state index is 0.333. The van der Waals surface area contributed by atoms with Gasteiger partial charge < -0.3 is 9.38 Å². The van der Waals surface area contributed by atoms with Crippen molar-refractivity contribution in [3.8, 4) is 0 Å². The largest absolute Gasteiger partial charge is 0.328 e. The van der Waals surface area contributed by atoms with E-state index in [-0.39, 0.29) is 0 Å². The van der Waals surface area contributed by atoms with E-state index in [1.807, 2.05) is 0 Å². The van der Waals surface area contributed by atoms with Gasteiger partial charge in [0.25, 0.3) is 0 Å². The van der Waals surface area contributed by atoms with E-state index in [0.29, 0.717) is 5.54 Å². The molecule has 0 N–H and O–H groups in total. The van der Waals surface area contributed by atoms with Gasteiger partial charge >= 0.3 is 0 Å². The molecule has 0 radical (unpaired) electrons. The molecular formula is C16H39N2+. The summed E-state index contributed by atoms with van der Waals surface area (Å²) in [6, 6.07) is 0. The van der Waals surface area contributed by atoms with Crippen molar-refractivity contribution in [1.29, 1.82) is 0 Å². The molecule has 18 heavy (non-hydrogen) atoms. The highest BCUT2D eigenvalue weighted by Gasteiger charge is 2.17. The van der Waals surface area contributed by atoms with E-state index >= 15 is 0 Å². The van der Waals surface area contributed by atoms with Gasteiger partial charge in [0.05, 0.1) is 27.2 Å². The highest BCUT2D eigenvalue weighted by Crippen LogP contribution is 2.08. The van der Waals surface area contributed by atoms with Crippen LogP contribution in [0.15, 0.2) is 0 Å². The summed E-state index contributed by atoms with van der Waals surface area (Å²) in [4.78, 5) is 2.19. The summed E-state index contributed by atoms with van der Waals surface area (Å²) in [6.45, 7) is 18.3. The molecule has 0 aliphatic heterocycles. The first-order chi connectivity index (χ1) is 7.78. The summed E-state index contributed by atoms with van der Waals surface area (Å²) < 4.78 is 1.16. The quantitative estimate of drug-likeness (QED) is 0.696. The van der Waals surface area contributed by atoms with Crippen LogP contribution in [0.4, 0.5) is 0 Å². The first-order valence-electron chi connectivity index (χ1n) is 7.27. The Hall–Kier alpha value is -0.0800. The second kappa shape index (κ2) is 8.16. The molecule has 0 amide bonds. The van der Waals surface area contributed by atoms with Crippen LogP contribution in [0.3, 0.4) is 0 Å². The van der Waals surface area contributed by atoms with Crippen LogP contribution in [0.2, 0.25) is 0 Å². The zero-order valence-corrected chi connectivity index (χ0v) is 15.0. The first-order valence-corrected chi connectivity index (χ1v) is 7.27. The number of quaternary nitrogens is 1. The molecule has 0 aromatic rings. The summed E-state index contributed by atoms with van der Waals surface area (Å²) >= 11 is 0. The molecule has 0 saturated heterocycles.